The van der Waals surface area contributed by atoms with Crippen LogP contribution in [0, 0.1) is 6.92 Å². The number of amides is 2. The third-order valence-electron chi connectivity index (χ3n) is 5.00. The molecule has 1 aromatic rings. The minimum atomic E-state index is -0.634. The lowest BCUT2D eigenvalue weighted by Crippen LogP contribution is -2.56. The molecule has 0 atom stereocenters. The summed E-state index contributed by atoms with van der Waals surface area (Å²) in [6, 6.07) is 3.97. The van der Waals surface area contributed by atoms with Gasteiger partial charge >= 0.3 is 0 Å². The molecule has 0 bridgehead atoms. The Kier molecular flexibility index (Phi) is 6.28. The summed E-state index contributed by atoms with van der Waals surface area (Å²) in [4.78, 5) is 28.6. The number of thiophene rings is 1. The first-order chi connectivity index (χ1) is 11.0. The van der Waals surface area contributed by atoms with Crippen LogP contribution >= 0.6 is 23.7 Å². The fourth-order valence-corrected chi connectivity index (χ4v) is 4.35. The summed E-state index contributed by atoms with van der Waals surface area (Å²) in [5.74, 6) is 0.104. The molecule has 7 heteroatoms. The molecule has 1 saturated heterocycles. The highest BCUT2D eigenvalue weighted by Crippen LogP contribution is 2.30. The van der Waals surface area contributed by atoms with Crippen LogP contribution < -0.4 is 11.1 Å². The second-order valence-electron chi connectivity index (χ2n) is 6.81. The van der Waals surface area contributed by atoms with Crippen molar-refractivity contribution in [1.29, 1.82) is 0 Å². The van der Waals surface area contributed by atoms with Crippen molar-refractivity contribution in [2.45, 2.75) is 57.0 Å². The van der Waals surface area contributed by atoms with E-state index in [-0.39, 0.29) is 30.3 Å². The summed E-state index contributed by atoms with van der Waals surface area (Å²) < 4.78 is 0. The Balaban J connectivity index is 0.00000208. The van der Waals surface area contributed by atoms with E-state index in [1.54, 1.807) is 0 Å². The Bertz CT molecular complexity index is 590. The number of aryl methyl sites for hydroxylation is 1. The van der Waals surface area contributed by atoms with Crippen LogP contribution in [0.2, 0.25) is 0 Å². The summed E-state index contributed by atoms with van der Waals surface area (Å²) in [6.07, 6.45) is 5.32. The second kappa shape index (κ2) is 7.85. The van der Waals surface area contributed by atoms with Crippen molar-refractivity contribution in [2.75, 3.05) is 13.1 Å². The number of nitrogens with zero attached hydrogens (tertiary/aromatic N) is 1. The quantitative estimate of drug-likeness (QED) is 0.857. The van der Waals surface area contributed by atoms with Gasteiger partial charge < -0.3 is 16.0 Å². The van der Waals surface area contributed by atoms with Crippen molar-refractivity contribution in [3.8, 4) is 0 Å². The molecule has 2 fully saturated rings. The van der Waals surface area contributed by atoms with Gasteiger partial charge in [0.15, 0.2) is 0 Å². The summed E-state index contributed by atoms with van der Waals surface area (Å²) in [6.45, 7) is 3.37. The molecule has 2 aliphatic rings. The maximum absolute atomic E-state index is 12.6. The molecule has 1 aromatic heterocycles. The van der Waals surface area contributed by atoms with Crippen LogP contribution in [0.25, 0.3) is 0 Å². The van der Waals surface area contributed by atoms with Crippen LogP contribution in [-0.2, 0) is 4.79 Å². The van der Waals surface area contributed by atoms with E-state index in [0.29, 0.717) is 13.1 Å². The number of hydrogen-bond acceptors (Lipinski definition) is 4. The van der Waals surface area contributed by atoms with Gasteiger partial charge in [0.2, 0.25) is 5.91 Å². The molecule has 0 aromatic carbocycles. The van der Waals surface area contributed by atoms with Gasteiger partial charge in [0.05, 0.1) is 10.4 Å². The summed E-state index contributed by atoms with van der Waals surface area (Å²) >= 11 is 1.51. The van der Waals surface area contributed by atoms with Crippen molar-refractivity contribution in [2.24, 2.45) is 5.73 Å². The van der Waals surface area contributed by atoms with Gasteiger partial charge in [0.25, 0.3) is 5.91 Å². The molecule has 2 amide bonds. The van der Waals surface area contributed by atoms with Gasteiger partial charge in [-0.1, -0.05) is 12.8 Å². The lowest BCUT2D eigenvalue weighted by molar-refractivity contribution is -0.137. The number of piperidine rings is 1. The minimum Gasteiger partial charge on any atom is -0.348 e. The zero-order valence-corrected chi connectivity index (χ0v) is 15.7. The molecule has 1 aliphatic heterocycles. The SMILES string of the molecule is Cc1ccc(C(=O)NC2CCN(C(=O)C3(N)CCCC3)CC2)s1.Cl. The molecule has 0 spiro atoms. The van der Waals surface area contributed by atoms with Crippen molar-refractivity contribution >= 4 is 35.6 Å². The monoisotopic (exact) mass is 371 g/mol. The highest BCUT2D eigenvalue weighted by atomic mass is 35.5. The number of nitrogens with one attached hydrogen (secondary N) is 1. The number of rotatable bonds is 3. The molecule has 2 heterocycles. The minimum absolute atomic E-state index is 0. The Hall–Kier alpha value is -1.11. The lowest BCUT2D eigenvalue weighted by atomic mass is 9.95. The van der Waals surface area contributed by atoms with Crippen LogP contribution in [0.4, 0.5) is 0 Å². The van der Waals surface area contributed by atoms with E-state index in [9.17, 15) is 9.59 Å². The van der Waals surface area contributed by atoms with Crippen molar-refractivity contribution in [3.63, 3.8) is 0 Å². The Morgan fingerprint density at radius 2 is 1.88 bits per heavy atom. The Morgan fingerprint density at radius 3 is 2.42 bits per heavy atom. The van der Waals surface area contributed by atoms with E-state index >= 15 is 0 Å². The normalized spacial score (nSPS) is 20.5. The van der Waals surface area contributed by atoms with Crippen molar-refractivity contribution in [3.05, 3.63) is 21.9 Å². The van der Waals surface area contributed by atoms with Gasteiger partial charge in [-0.05, 0) is 44.7 Å². The van der Waals surface area contributed by atoms with Crippen LogP contribution in [0.1, 0.15) is 53.1 Å². The van der Waals surface area contributed by atoms with E-state index < -0.39 is 5.54 Å². The fourth-order valence-electron chi connectivity index (χ4n) is 3.57. The Labute approximate surface area is 153 Å². The molecule has 0 unspecified atom stereocenters. The van der Waals surface area contributed by atoms with Crippen LogP contribution in [0.3, 0.4) is 0 Å². The lowest BCUT2D eigenvalue weighted by Gasteiger charge is -2.37. The molecular formula is C17H26ClN3O2S. The standard InChI is InChI=1S/C17H25N3O2S.ClH/c1-12-4-5-14(23-12)15(21)19-13-6-10-20(11-7-13)16(22)17(18)8-2-3-9-17;/h4-5,13H,2-3,6-11,18H2,1H3,(H,19,21);1H. The van der Waals surface area contributed by atoms with Gasteiger partial charge in [-0.25, -0.2) is 0 Å². The van der Waals surface area contributed by atoms with E-state index in [0.717, 1.165) is 48.3 Å². The van der Waals surface area contributed by atoms with Gasteiger partial charge in [-0.3, -0.25) is 9.59 Å². The van der Waals surface area contributed by atoms with Crippen LogP contribution in [0.5, 0.6) is 0 Å². The second-order valence-corrected chi connectivity index (χ2v) is 8.10. The molecular weight excluding hydrogens is 346 g/mol. The first-order valence-corrected chi connectivity index (χ1v) is 9.25. The largest absolute Gasteiger partial charge is 0.348 e. The zero-order chi connectivity index (χ0) is 16.4. The van der Waals surface area contributed by atoms with Gasteiger partial charge in [0.1, 0.15) is 0 Å². The predicted molar refractivity (Wildman–Crippen MR) is 98.8 cm³/mol. The smallest absolute Gasteiger partial charge is 0.261 e. The third kappa shape index (κ3) is 4.10. The van der Waals surface area contributed by atoms with Gasteiger partial charge in [-0.15, -0.1) is 23.7 Å². The van der Waals surface area contributed by atoms with Crippen LogP contribution in [0.15, 0.2) is 12.1 Å². The maximum atomic E-state index is 12.6. The topological polar surface area (TPSA) is 75.4 Å². The fraction of sp³-hybridized carbons (Fsp3) is 0.647. The average molecular weight is 372 g/mol. The number of likely N-dealkylation sites (tertiary alicyclic amines) is 1. The van der Waals surface area contributed by atoms with Crippen molar-refractivity contribution in [1.82, 2.24) is 10.2 Å². The Morgan fingerprint density at radius 1 is 1.25 bits per heavy atom. The summed E-state index contributed by atoms with van der Waals surface area (Å²) in [5, 5.41) is 3.09. The molecule has 134 valence electrons. The highest BCUT2D eigenvalue weighted by Gasteiger charge is 2.40. The number of carbonyl (C=O) groups excluding carboxylic acids is 2. The molecule has 0 radical (unpaired) electrons. The summed E-state index contributed by atoms with van der Waals surface area (Å²) in [7, 11) is 0. The highest BCUT2D eigenvalue weighted by molar-refractivity contribution is 7.13. The molecule has 3 rings (SSSR count). The van der Waals surface area contributed by atoms with Crippen molar-refractivity contribution < 1.29 is 9.59 Å². The zero-order valence-electron chi connectivity index (χ0n) is 14.0. The van der Waals surface area contributed by atoms with Gasteiger partial charge in [0, 0.05) is 24.0 Å². The van der Waals surface area contributed by atoms with Gasteiger partial charge in [-0.2, -0.15) is 0 Å². The van der Waals surface area contributed by atoms with Crippen LogP contribution in [-0.4, -0.2) is 41.4 Å². The molecule has 3 N–H and O–H groups in total. The molecule has 5 nitrogen and oxygen atoms in total. The number of hydrogen-bond donors (Lipinski definition) is 2. The van der Waals surface area contributed by atoms with E-state index in [4.69, 9.17) is 5.73 Å². The van der Waals surface area contributed by atoms with E-state index in [1.807, 2.05) is 24.0 Å². The van der Waals surface area contributed by atoms with E-state index in [2.05, 4.69) is 5.32 Å². The van der Waals surface area contributed by atoms with E-state index in [1.165, 1.54) is 11.3 Å². The molecule has 1 saturated carbocycles. The molecule has 1 aliphatic carbocycles. The predicted octanol–water partition coefficient (Wildman–Crippen LogP) is 2.47. The first-order valence-electron chi connectivity index (χ1n) is 8.43. The third-order valence-corrected chi connectivity index (χ3v) is 6.00. The maximum Gasteiger partial charge on any atom is 0.261 e. The first kappa shape index (κ1) is 19.2. The number of carbonyl (C=O) groups is 2. The number of halogens is 1. The average Bonchev–Trinajstić information content (AvgIpc) is 3.17. The summed E-state index contributed by atoms with van der Waals surface area (Å²) in [5.41, 5.74) is 5.63. The molecule has 24 heavy (non-hydrogen) atoms. The number of nitrogens with two attached hydrogens (primary N) is 1.